The standard InChI is InChI=1S/C20H29FN4O/c1-4-8-25(24-5-2)20(26)13(3)22-11-14-9-16(14)18-12-23-19-7-6-15(21)10-17(18)19/h6-7,10,12-14,16,22-24H,4-5,8-9,11H2,1-3H3. The second kappa shape index (κ2) is 8.18. The summed E-state index contributed by atoms with van der Waals surface area (Å²) in [6.07, 6.45) is 3.99. The Balaban J connectivity index is 1.55. The second-order valence-electron chi connectivity index (χ2n) is 7.17. The van der Waals surface area contributed by atoms with E-state index in [1.54, 1.807) is 17.1 Å². The lowest BCUT2D eigenvalue weighted by atomic mass is 10.1. The zero-order valence-corrected chi connectivity index (χ0v) is 15.8. The maximum Gasteiger partial charge on any atom is 0.253 e. The number of benzene rings is 1. The van der Waals surface area contributed by atoms with Gasteiger partial charge in [0.2, 0.25) is 0 Å². The Morgan fingerprint density at radius 2 is 2.23 bits per heavy atom. The number of nitrogens with one attached hydrogen (secondary N) is 3. The molecular formula is C20H29FN4O. The third-order valence-corrected chi connectivity index (χ3v) is 5.12. The summed E-state index contributed by atoms with van der Waals surface area (Å²) in [5.74, 6) is 0.805. The summed E-state index contributed by atoms with van der Waals surface area (Å²) < 4.78 is 13.5. The van der Waals surface area contributed by atoms with Gasteiger partial charge in [0.15, 0.2) is 0 Å². The largest absolute Gasteiger partial charge is 0.361 e. The van der Waals surface area contributed by atoms with Gasteiger partial charge >= 0.3 is 0 Å². The summed E-state index contributed by atoms with van der Waals surface area (Å²) in [7, 11) is 0. The summed E-state index contributed by atoms with van der Waals surface area (Å²) in [6, 6.07) is 4.65. The summed E-state index contributed by atoms with van der Waals surface area (Å²) in [5, 5.41) is 6.07. The van der Waals surface area contributed by atoms with E-state index in [0.717, 1.165) is 36.8 Å². The average molecular weight is 360 g/mol. The van der Waals surface area contributed by atoms with Crippen molar-refractivity contribution < 1.29 is 9.18 Å². The molecule has 1 aliphatic carbocycles. The Kier molecular flexibility index (Phi) is 5.94. The smallest absolute Gasteiger partial charge is 0.253 e. The highest BCUT2D eigenvalue weighted by Gasteiger charge is 2.39. The topological polar surface area (TPSA) is 60.2 Å². The molecule has 0 aliphatic heterocycles. The Hall–Kier alpha value is -1.92. The Morgan fingerprint density at radius 3 is 2.96 bits per heavy atom. The highest BCUT2D eigenvalue weighted by atomic mass is 19.1. The Morgan fingerprint density at radius 1 is 1.42 bits per heavy atom. The maximum absolute atomic E-state index is 13.5. The number of nitrogens with zero attached hydrogens (tertiary/aromatic N) is 1. The number of H-pyrrole nitrogens is 1. The van der Waals surface area contributed by atoms with Crippen LogP contribution < -0.4 is 10.7 Å². The highest BCUT2D eigenvalue weighted by molar-refractivity contribution is 5.84. The Bertz CT molecular complexity index is 753. The molecule has 26 heavy (non-hydrogen) atoms. The third kappa shape index (κ3) is 4.07. The first kappa shape index (κ1) is 18.9. The van der Waals surface area contributed by atoms with Gasteiger partial charge in [0.25, 0.3) is 5.91 Å². The van der Waals surface area contributed by atoms with Crippen LogP contribution >= 0.6 is 0 Å². The monoisotopic (exact) mass is 360 g/mol. The highest BCUT2D eigenvalue weighted by Crippen LogP contribution is 2.49. The van der Waals surface area contributed by atoms with Crippen molar-refractivity contribution in [2.45, 2.75) is 45.6 Å². The van der Waals surface area contributed by atoms with Crippen LogP contribution in [0.5, 0.6) is 0 Å². The fourth-order valence-corrected chi connectivity index (χ4v) is 3.61. The number of aromatic amines is 1. The first-order valence-electron chi connectivity index (χ1n) is 9.59. The quantitative estimate of drug-likeness (QED) is 0.602. The summed E-state index contributed by atoms with van der Waals surface area (Å²) in [4.78, 5) is 15.8. The number of rotatable bonds is 9. The molecule has 1 aliphatic rings. The Labute approximate surface area is 154 Å². The lowest BCUT2D eigenvalue weighted by Crippen LogP contribution is -2.51. The van der Waals surface area contributed by atoms with E-state index >= 15 is 0 Å². The predicted octanol–water partition coefficient (Wildman–Crippen LogP) is 3.15. The molecular weight excluding hydrogens is 331 g/mol. The van der Waals surface area contributed by atoms with Gasteiger partial charge in [0, 0.05) is 30.2 Å². The van der Waals surface area contributed by atoms with Crippen LogP contribution in [-0.4, -0.2) is 41.6 Å². The van der Waals surface area contributed by atoms with Crippen LogP contribution in [0, 0.1) is 11.7 Å². The fraction of sp³-hybridized carbons (Fsp3) is 0.550. The van der Waals surface area contributed by atoms with Crippen LogP contribution in [0.25, 0.3) is 10.9 Å². The van der Waals surface area contributed by atoms with Crippen molar-refractivity contribution in [3.8, 4) is 0 Å². The van der Waals surface area contributed by atoms with Crippen LogP contribution in [0.2, 0.25) is 0 Å². The molecule has 0 saturated heterocycles. The molecule has 5 nitrogen and oxygen atoms in total. The molecule has 1 aromatic heterocycles. The summed E-state index contributed by atoms with van der Waals surface area (Å²) in [6.45, 7) is 8.22. The minimum atomic E-state index is -0.220. The number of carbonyl (C=O) groups is 1. The van der Waals surface area contributed by atoms with Gasteiger partial charge in [-0.05, 0) is 61.9 Å². The van der Waals surface area contributed by atoms with Crippen molar-refractivity contribution in [1.82, 2.24) is 20.7 Å². The molecule has 1 saturated carbocycles. The molecule has 0 spiro atoms. The van der Waals surface area contributed by atoms with E-state index in [2.05, 4.69) is 22.7 Å². The lowest BCUT2D eigenvalue weighted by molar-refractivity contribution is -0.136. The van der Waals surface area contributed by atoms with E-state index in [9.17, 15) is 9.18 Å². The van der Waals surface area contributed by atoms with Gasteiger partial charge in [-0.3, -0.25) is 9.80 Å². The second-order valence-corrected chi connectivity index (χ2v) is 7.17. The van der Waals surface area contributed by atoms with Crippen LogP contribution in [0.4, 0.5) is 4.39 Å². The van der Waals surface area contributed by atoms with Gasteiger partial charge in [-0.2, -0.15) is 0 Å². The number of hydrogen-bond acceptors (Lipinski definition) is 3. The SMILES string of the molecule is CCCN(NCC)C(=O)C(C)NCC1CC1c1c[nH]c2ccc(F)cc12. The lowest BCUT2D eigenvalue weighted by Gasteiger charge is -2.26. The first-order chi connectivity index (χ1) is 12.5. The summed E-state index contributed by atoms with van der Waals surface area (Å²) >= 11 is 0. The predicted molar refractivity (Wildman–Crippen MR) is 102 cm³/mol. The van der Waals surface area contributed by atoms with E-state index < -0.39 is 0 Å². The van der Waals surface area contributed by atoms with Crippen molar-refractivity contribution in [2.75, 3.05) is 19.6 Å². The number of hydrogen-bond donors (Lipinski definition) is 3. The molecule has 1 amide bonds. The molecule has 1 heterocycles. The van der Waals surface area contributed by atoms with Gasteiger partial charge in [-0.1, -0.05) is 13.8 Å². The first-order valence-corrected chi connectivity index (χ1v) is 9.59. The molecule has 3 N–H and O–H groups in total. The number of amides is 1. The number of fused-ring (bicyclic) bond motifs is 1. The molecule has 3 rings (SSSR count). The molecule has 3 atom stereocenters. The van der Waals surface area contributed by atoms with Crippen molar-refractivity contribution in [3.63, 3.8) is 0 Å². The fourth-order valence-electron chi connectivity index (χ4n) is 3.61. The van der Waals surface area contributed by atoms with E-state index in [0.29, 0.717) is 18.4 Å². The third-order valence-electron chi connectivity index (χ3n) is 5.12. The van der Waals surface area contributed by atoms with Gasteiger partial charge in [0.05, 0.1) is 6.04 Å². The maximum atomic E-state index is 13.5. The minimum absolute atomic E-state index is 0.0834. The molecule has 6 heteroatoms. The zero-order valence-electron chi connectivity index (χ0n) is 15.8. The molecule has 142 valence electrons. The summed E-state index contributed by atoms with van der Waals surface area (Å²) in [5.41, 5.74) is 5.29. The van der Waals surface area contributed by atoms with Crippen LogP contribution in [-0.2, 0) is 4.79 Å². The average Bonchev–Trinajstić information content (AvgIpc) is 3.28. The van der Waals surface area contributed by atoms with E-state index in [-0.39, 0.29) is 17.8 Å². The van der Waals surface area contributed by atoms with Crippen molar-refractivity contribution in [1.29, 1.82) is 0 Å². The van der Waals surface area contributed by atoms with E-state index in [1.165, 1.54) is 11.6 Å². The van der Waals surface area contributed by atoms with Gasteiger partial charge in [-0.25, -0.2) is 9.82 Å². The van der Waals surface area contributed by atoms with Crippen molar-refractivity contribution in [3.05, 3.63) is 35.8 Å². The molecule has 1 fully saturated rings. The molecule has 0 bridgehead atoms. The van der Waals surface area contributed by atoms with E-state index in [1.807, 2.05) is 20.0 Å². The molecule has 2 aromatic rings. The number of hydrazine groups is 1. The zero-order chi connectivity index (χ0) is 18.7. The normalized spacial score (nSPS) is 20.3. The van der Waals surface area contributed by atoms with E-state index in [4.69, 9.17) is 0 Å². The number of aromatic nitrogens is 1. The minimum Gasteiger partial charge on any atom is -0.361 e. The molecule has 0 radical (unpaired) electrons. The van der Waals surface area contributed by atoms with Crippen LogP contribution in [0.1, 0.15) is 45.1 Å². The van der Waals surface area contributed by atoms with Gasteiger partial charge in [0.1, 0.15) is 5.82 Å². The van der Waals surface area contributed by atoms with Crippen molar-refractivity contribution in [2.24, 2.45) is 5.92 Å². The molecule has 3 unspecified atom stereocenters. The molecule has 1 aromatic carbocycles. The van der Waals surface area contributed by atoms with Crippen LogP contribution in [0.3, 0.4) is 0 Å². The van der Waals surface area contributed by atoms with Gasteiger partial charge in [-0.15, -0.1) is 0 Å². The van der Waals surface area contributed by atoms with Crippen LogP contribution in [0.15, 0.2) is 24.4 Å². The van der Waals surface area contributed by atoms with Gasteiger partial charge < -0.3 is 10.3 Å². The number of carbonyl (C=O) groups excluding carboxylic acids is 1. The van der Waals surface area contributed by atoms with Crippen molar-refractivity contribution >= 4 is 16.8 Å². The number of halogens is 1.